The molecule has 1 amide bonds. The Kier molecular flexibility index (Phi) is 5.28. The number of rotatable bonds is 5. The van der Waals surface area contributed by atoms with Gasteiger partial charge in [-0.1, -0.05) is 42.6 Å². The van der Waals surface area contributed by atoms with E-state index < -0.39 is 5.63 Å². The topological polar surface area (TPSA) is 84.6 Å². The van der Waals surface area contributed by atoms with Gasteiger partial charge in [0.05, 0.1) is 32.6 Å². The van der Waals surface area contributed by atoms with Crippen molar-refractivity contribution in [1.82, 2.24) is 4.98 Å². The Morgan fingerprint density at radius 2 is 2.00 bits per heavy atom. The molecule has 0 unspecified atom stereocenters. The standard InChI is InChI=1S/C19H15N3O3S.H2/c1-12(26-11-20-2)17(23)21-15-9-5-3-7-13(15)18-22-16-10-6-4-8-14(16)19(24)25-18;/h3-11H,1H2,2H3,(H,21,23);1H. The zero-order chi connectivity index (χ0) is 18.5. The average molecular weight is 367 g/mol. The minimum atomic E-state index is -0.481. The number of amides is 1. The molecule has 3 aromatic rings. The summed E-state index contributed by atoms with van der Waals surface area (Å²) in [5.41, 5.74) is 2.55. The molecule has 3 rings (SSSR count). The van der Waals surface area contributed by atoms with Crippen LogP contribution in [0.2, 0.25) is 0 Å². The van der Waals surface area contributed by atoms with Crippen molar-refractivity contribution in [1.29, 1.82) is 0 Å². The quantitative estimate of drug-likeness (QED) is 0.419. The SMILES string of the molecule is C=C(SC=NC)C(=O)Nc1ccccc1-c1nc2ccccc2c(=O)o1.[HH]. The fourth-order valence-electron chi connectivity index (χ4n) is 2.27. The number of anilines is 1. The van der Waals surface area contributed by atoms with Crippen LogP contribution in [-0.4, -0.2) is 23.5 Å². The van der Waals surface area contributed by atoms with Gasteiger partial charge in [0, 0.05) is 8.47 Å². The highest BCUT2D eigenvalue weighted by molar-refractivity contribution is 8.16. The third-order valence-electron chi connectivity index (χ3n) is 3.49. The first-order valence-corrected chi connectivity index (χ1v) is 8.55. The van der Waals surface area contributed by atoms with E-state index in [1.807, 2.05) is 0 Å². The highest BCUT2D eigenvalue weighted by atomic mass is 32.2. The number of hydrogen-bond acceptors (Lipinski definition) is 6. The van der Waals surface area contributed by atoms with Gasteiger partial charge < -0.3 is 9.73 Å². The second-order valence-corrected chi connectivity index (χ2v) is 6.17. The van der Waals surface area contributed by atoms with Gasteiger partial charge in [0.25, 0.3) is 5.91 Å². The molecule has 1 N–H and O–H groups in total. The van der Waals surface area contributed by atoms with E-state index in [-0.39, 0.29) is 13.2 Å². The molecule has 1 heterocycles. The van der Waals surface area contributed by atoms with E-state index in [9.17, 15) is 9.59 Å². The summed E-state index contributed by atoms with van der Waals surface area (Å²) >= 11 is 1.12. The number of carbonyl (C=O) groups excluding carboxylic acids is 1. The van der Waals surface area contributed by atoms with Gasteiger partial charge in [0.2, 0.25) is 5.89 Å². The molecule has 0 aliphatic rings. The van der Waals surface area contributed by atoms with Gasteiger partial charge >= 0.3 is 5.63 Å². The molecule has 0 aliphatic heterocycles. The number of nitrogens with one attached hydrogen (secondary N) is 1. The molecule has 2 aromatic carbocycles. The second-order valence-electron chi connectivity index (χ2n) is 5.23. The van der Waals surface area contributed by atoms with E-state index in [0.29, 0.717) is 27.1 Å². The Hall–Kier alpha value is -3.19. The number of hydrogen-bond donors (Lipinski definition) is 1. The maximum atomic E-state index is 12.3. The number of benzene rings is 2. The molecule has 0 aliphatic carbocycles. The number of aliphatic imine (C=N–C) groups is 1. The summed E-state index contributed by atoms with van der Waals surface area (Å²) in [6, 6.07) is 13.9. The molecule has 0 fully saturated rings. The first-order chi connectivity index (χ1) is 12.6. The monoisotopic (exact) mass is 367 g/mol. The number of thioether (sulfide) groups is 1. The van der Waals surface area contributed by atoms with Crippen LogP contribution in [0, 0.1) is 0 Å². The minimum absolute atomic E-state index is 0. The van der Waals surface area contributed by atoms with Crippen LogP contribution < -0.4 is 10.9 Å². The summed E-state index contributed by atoms with van der Waals surface area (Å²) in [6.07, 6.45) is 0. The van der Waals surface area contributed by atoms with Gasteiger partial charge in [-0.25, -0.2) is 9.78 Å². The summed E-state index contributed by atoms with van der Waals surface area (Å²) < 4.78 is 5.36. The Morgan fingerprint density at radius 3 is 2.81 bits per heavy atom. The summed E-state index contributed by atoms with van der Waals surface area (Å²) in [4.78, 5) is 33.0. The van der Waals surface area contributed by atoms with Gasteiger partial charge in [-0.05, 0) is 24.3 Å². The third kappa shape index (κ3) is 3.73. The lowest BCUT2D eigenvalue weighted by molar-refractivity contribution is -0.112. The fourth-order valence-corrected chi connectivity index (χ4v) is 2.67. The van der Waals surface area contributed by atoms with E-state index >= 15 is 0 Å². The lowest BCUT2D eigenvalue weighted by Crippen LogP contribution is -2.13. The zero-order valence-corrected chi connectivity index (χ0v) is 14.7. The first-order valence-electron chi connectivity index (χ1n) is 7.67. The maximum absolute atomic E-state index is 12.3. The lowest BCUT2D eigenvalue weighted by atomic mass is 10.1. The normalized spacial score (nSPS) is 11.0. The van der Waals surface area contributed by atoms with Crippen molar-refractivity contribution in [2.75, 3.05) is 12.4 Å². The highest BCUT2D eigenvalue weighted by Crippen LogP contribution is 2.27. The maximum Gasteiger partial charge on any atom is 0.347 e. The molecular weight excluding hydrogens is 350 g/mol. The Bertz CT molecular complexity index is 1080. The molecule has 0 bridgehead atoms. The predicted octanol–water partition coefficient (Wildman–Crippen LogP) is 3.94. The Labute approximate surface area is 155 Å². The van der Waals surface area contributed by atoms with E-state index in [4.69, 9.17) is 4.42 Å². The van der Waals surface area contributed by atoms with Crippen LogP contribution in [0.3, 0.4) is 0 Å². The van der Waals surface area contributed by atoms with Gasteiger partial charge in [-0.2, -0.15) is 0 Å². The van der Waals surface area contributed by atoms with E-state index in [1.165, 1.54) is 5.55 Å². The highest BCUT2D eigenvalue weighted by Gasteiger charge is 2.15. The van der Waals surface area contributed by atoms with Crippen LogP contribution >= 0.6 is 11.8 Å². The van der Waals surface area contributed by atoms with Crippen LogP contribution in [0.25, 0.3) is 22.4 Å². The van der Waals surface area contributed by atoms with Crippen LogP contribution in [0.1, 0.15) is 1.43 Å². The lowest BCUT2D eigenvalue weighted by Gasteiger charge is -2.10. The molecular formula is C19H17N3O3S. The van der Waals surface area contributed by atoms with Crippen LogP contribution in [-0.2, 0) is 4.79 Å². The number of para-hydroxylation sites is 2. The van der Waals surface area contributed by atoms with E-state index in [0.717, 1.165) is 11.8 Å². The van der Waals surface area contributed by atoms with Crippen molar-refractivity contribution in [3.63, 3.8) is 0 Å². The average Bonchev–Trinajstić information content (AvgIpc) is 2.66. The molecule has 0 atom stereocenters. The van der Waals surface area contributed by atoms with E-state index in [2.05, 4.69) is 21.9 Å². The number of aromatic nitrogens is 1. The van der Waals surface area contributed by atoms with Crippen molar-refractivity contribution < 1.29 is 10.6 Å². The first kappa shape index (κ1) is 17.6. The van der Waals surface area contributed by atoms with Crippen molar-refractivity contribution in [3.8, 4) is 11.5 Å². The molecule has 0 spiro atoms. The zero-order valence-electron chi connectivity index (χ0n) is 13.9. The molecule has 132 valence electrons. The fraction of sp³-hybridized carbons (Fsp3) is 0.0526. The van der Waals surface area contributed by atoms with Crippen LogP contribution in [0.15, 0.2) is 74.2 Å². The predicted molar refractivity (Wildman–Crippen MR) is 108 cm³/mol. The Balaban J connectivity index is 0.00000261. The molecule has 0 saturated heterocycles. The molecule has 0 radical (unpaired) electrons. The van der Waals surface area contributed by atoms with Crippen molar-refractivity contribution in [2.45, 2.75) is 0 Å². The minimum Gasteiger partial charge on any atom is -0.403 e. The molecule has 1 aromatic heterocycles. The summed E-state index contributed by atoms with van der Waals surface area (Å²) in [7, 11) is 1.61. The molecule has 0 saturated carbocycles. The summed E-state index contributed by atoms with van der Waals surface area (Å²) in [6.45, 7) is 3.72. The largest absolute Gasteiger partial charge is 0.403 e. The van der Waals surface area contributed by atoms with E-state index in [1.54, 1.807) is 55.6 Å². The second kappa shape index (κ2) is 7.79. The van der Waals surface area contributed by atoms with Crippen LogP contribution in [0.5, 0.6) is 0 Å². The summed E-state index contributed by atoms with van der Waals surface area (Å²) in [5, 5.41) is 3.17. The number of fused-ring (bicyclic) bond motifs is 1. The van der Waals surface area contributed by atoms with Gasteiger partial charge in [-0.3, -0.25) is 9.79 Å². The third-order valence-corrected chi connectivity index (χ3v) is 4.28. The Morgan fingerprint density at radius 1 is 1.27 bits per heavy atom. The number of carbonyl (C=O) groups is 1. The van der Waals surface area contributed by atoms with Gasteiger partial charge in [-0.15, -0.1) is 0 Å². The van der Waals surface area contributed by atoms with Crippen molar-refractivity contribution in [3.05, 3.63) is 70.4 Å². The molecule has 26 heavy (non-hydrogen) atoms. The van der Waals surface area contributed by atoms with Gasteiger partial charge in [0.1, 0.15) is 0 Å². The molecule has 7 heteroatoms. The number of nitrogens with zero attached hydrogens (tertiary/aromatic N) is 2. The van der Waals surface area contributed by atoms with Crippen molar-refractivity contribution >= 4 is 39.8 Å². The molecule has 6 nitrogen and oxygen atoms in total. The van der Waals surface area contributed by atoms with Crippen molar-refractivity contribution in [2.24, 2.45) is 4.99 Å². The smallest absolute Gasteiger partial charge is 0.347 e. The van der Waals surface area contributed by atoms with Crippen LogP contribution in [0.4, 0.5) is 5.69 Å². The van der Waals surface area contributed by atoms with Gasteiger partial charge in [0.15, 0.2) is 0 Å². The summed E-state index contributed by atoms with van der Waals surface area (Å²) in [5.74, 6) is -0.233.